The zero-order chi connectivity index (χ0) is 12.5. The summed E-state index contributed by atoms with van der Waals surface area (Å²) in [6.45, 7) is 1.46. The van der Waals surface area contributed by atoms with Crippen molar-refractivity contribution in [2.45, 2.75) is 18.7 Å². The van der Waals surface area contributed by atoms with E-state index in [9.17, 15) is 10.2 Å². The lowest BCUT2D eigenvalue weighted by Crippen LogP contribution is -2.61. The maximum atomic E-state index is 9.53. The van der Waals surface area contributed by atoms with E-state index in [2.05, 4.69) is 35.2 Å². The lowest BCUT2D eigenvalue weighted by atomic mass is 9.98. The van der Waals surface area contributed by atoms with Gasteiger partial charge in [0.25, 0.3) is 0 Å². The van der Waals surface area contributed by atoms with Crippen LogP contribution in [-0.4, -0.2) is 40.4 Å². The summed E-state index contributed by atoms with van der Waals surface area (Å²) in [6.07, 6.45) is -0.379. The third kappa shape index (κ3) is 2.01. The summed E-state index contributed by atoms with van der Waals surface area (Å²) in [7, 11) is 0. The molecule has 3 nitrogen and oxygen atoms in total. The molecule has 2 unspecified atom stereocenters. The molecule has 1 heterocycles. The van der Waals surface area contributed by atoms with Crippen LogP contribution in [0.3, 0.4) is 0 Å². The molecule has 3 rings (SSSR count). The third-order valence-electron chi connectivity index (χ3n) is 3.72. The van der Waals surface area contributed by atoms with Crippen molar-refractivity contribution in [3.05, 3.63) is 48.0 Å². The second-order valence-corrected chi connectivity index (χ2v) is 4.93. The fourth-order valence-electron chi connectivity index (χ4n) is 2.59. The average molecular weight is 243 g/mol. The number of nitrogens with zero attached hydrogens (tertiary/aromatic N) is 1. The summed E-state index contributed by atoms with van der Waals surface area (Å²) in [5, 5.41) is 21.2. The number of fused-ring (bicyclic) bond motifs is 1. The fourth-order valence-corrected chi connectivity index (χ4v) is 2.59. The molecule has 0 amide bonds. The van der Waals surface area contributed by atoms with Crippen molar-refractivity contribution in [2.24, 2.45) is 0 Å². The Hall–Kier alpha value is -1.42. The van der Waals surface area contributed by atoms with E-state index in [4.69, 9.17) is 0 Å². The molecule has 0 aliphatic carbocycles. The maximum Gasteiger partial charge on any atom is 0.0844 e. The van der Waals surface area contributed by atoms with Gasteiger partial charge in [0.15, 0.2) is 0 Å². The van der Waals surface area contributed by atoms with E-state index >= 15 is 0 Å². The standard InChI is InChI=1S/C15H17NO2/c17-10-14-15(18)9-16(14)8-11-5-6-12-3-1-2-4-13(12)7-11/h1-7,14-15,17-18H,8-10H2. The average Bonchev–Trinajstić information content (AvgIpc) is 2.38. The van der Waals surface area contributed by atoms with Crippen LogP contribution in [0.5, 0.6) is 0 Å². The molecule has 1 aliphatic rings. The first-order valence-corrected chi connectivity index (χ1v) is 6.28. The molecule has 0 spiro atoms. The Bertz CT molecular complexity index is 555. The van der Waals surface area contributed by atoms with Crippen LogP contribution < -0.4 is 0 Å². The Morgan fingerprint density at radius 3 is 2.61 bits per heavy atom. The summed E-state index contributed by atoms with van der Waals surface area (Å²) in [4.78, 5) is 2.11. The topological polar surface area (TPSA) is 43.7 Å². The van der Waals surface area contributed by atoms with Crippen LogP contribution in [0.15, 0.2) is 42.5 Å². The van der Waals surface area contributed by atoms with Gasteiger partial charge in [0.1, 0.15) is 0 Å². The number of hydrogen-bond donors (Lipinski definition) is 2. The number of aliphatic hydroxyl groups is 2. The smallest absolute Gasteiger partial charge is 0.0844 e. The van der Waals surface area contributed by atoms with Crippen molar-refractivity contribution < 1.29 is 10.2 Å². The molecule has 0 radical (unpaired) electrons. The van der Waals surface area contributed by atoms with Gasteiger partial charge in [-0.05, 0) is 22.4 Å². The Morgan fingerprint density at radius 1 is 1.11 bits per heavy atom. The van der Waals surface area contributed by atoms with Gasteiger partial charge in [-0.2, -0.15) is 0 Å². The molecular formula is C15H17NO2. The summed E-state index contributed by atoms with van der Waals surface area (Å²) >= 11 is 0. The Kier molecular flexibility index (Phi) is 3.04. The van der Waals surface area contributed by atoms with Crippen molar-refractivity contribution in [2.75, 3.05) is 13.2 Å². The number of hydrogen-bond acceptors (Lipinski definition) is 3. The SMILES string of the molecule is OCC1C(O)CN1Cc1ccc2ccccc2c1. The van der Waals surface area contributed by atoms with E-state index in [1.807, 2.05) is 12.1 Å². The minimum atomic E-state index is -0.379. The van der Waals surface area contributed by atoms with Crippen LogP contribution >= 0.6 is 0 Å². The summed E-state index contributed by atoms with van der Waals surface area (Å²) in [6, 6.07) is 14.6. The first kappa shape index (κ1) is 11.7. The first-order chi connectivity index (χ1) is 8.78. The summed E-state index contributed by atoms with van der Waals surface area (Å²) < 4.78 is 0. The van der Waals surface area contributed by atoms with Crippen LogP contribution in [0.4, 0.5) is 0 Å². The molecule has 2 N–H and O–H groups in total. The molecule has 18 heavy (non-hydrogen) atoms. The number of likely N-dealkylation sites (tertiary alicyclic amines) is 1. The van der Waals surface area contributed by atoms with E-state index in [1.54, 1.807) is 0 Å². The molecule has 0 saturated carbocycles. The van der Waals surface area contributed by atoms with E-state index in [-0.39, 0.29) is 18.8 Å². The van der Waals surface area contributed by atoms with Crippen LogP contribution in [0, 0.1) is 0 Å². The Balaban J connectivity index is 1.79. The Morgan fingerprint density at radius 2 is 1.89 bits per heavy atom. The van der Waals surface area contributed by atoms with Gasteiger partial charge in [-0.3, -0.25) is 4.90 Å². The largest absolute Gasteiger partial charge is 0.395 e. The van der Waals surface area contributed by atoms with E-state index in [0.717, 1.165) is 6.54 Å². The zero-order valence-electron chi connectivity index (χ0n) is 10.2. The van der Waals surface area contributed by atoms with Gasteiger partial charge in [-0.25, -0.2) is 0 Å². The van der Waals surface area contributed by atoms with Gasteiger partial charge in [0.05, 0.1) is 18.8 Å². The lowest BCUT2D eigenvalue weighted by Gasteiger charge is -2.44. The van der Waals surface area contributed by atoms with Crippen LogP contribution in [0.1, 0.15) is 5.56 Å². The summed E-state index contributed by atoms with van der Waals surface area (Å²) in [5.41, 5.74) is 1.22. The normalized spacial score (nSPS) is 24.1. The molecular weight excluding hydrogens is 226 g/mol. The van der Waals surface area contributed by atoms with Gasteiger partial charge in [0.2, 0.25) is 0 Å². The third-order valence-corrected chi connectivity index (χ3v) is 3.72. The van der Waals surface area contributed by atoms with Crippen molar-refractivity contribution in [3.63, 3.8) is 0 Å². The maximum absolute atomic E-state index is 9.53. The number of rotatable bonds is 3. The zero-order valence-corrected chi connectivity index (χ0v) is 10.2. The fraction of sp³-hybridized carbons (Fsp3) is 0.333. The quantitative estimate of drug-likeness (QED) is 0.856. The van der Waals surface area contributed by atoms with Crippen molar-refractivity contribution in [3.8, 4) is 0 Å². The van der Waals surface area contributed by atoms with Crippen molar-refractivity contribution in [1.29, 1.82) is 0 Å². The molecule has 94 valence electrons. The molecule has 0 bridgehead atoms. The number of benzene rings is 2. The van der Waals surface area contributed by atoms with E-state index < -0.39 is 0 Å². The van der Waals surface area contributed by atoms with Gasteiger partial charge in [-0.15, -0.1) is 0 Å². The molecule has 3 heteroatoms. The van der Waals surface area contributed by atoms with Crippen LogP contribution in [0.25, 0.3) is 10.8 Å². The highest BCUT2D eigenvalue weighted by molar-refractivity contribution is 5.82. The van der Waals surface area contributed by atoms with Gasteiger partial charge < -0.3 is 10.2 Å². The minimum absolute atomic E-state index is 0.0226. The second kappa shape index (κ2) is 4.69. The summed E-state index contributed by atoms with van der Waals surface area (Å²) in [5.74, 6) is 0. The highest BCUT2D eigenvalue weighted by Crippen LogP contribution is 2.23. The first-order valence-electron chi connectivity index (χ1n) is 6.28. The van der Waals surface area contributed by atoms with Crippen LogP contribution in [0.2, 0.25) is 0 Å². The van der Waals surface area contributed by atoms with Crippen LogP contribution in [-0.2, 0) is 6.54 Å². The molecule has 2 aromatic carbocycles. The molecule has 1 aliphatic heterocycles. The van der Waals surface area contributed by atoms with Gasteiger partial charge in [0, 0.05) is 13.1 Å². The predicted octanol–water partition coefficient (Wildman–Crippen LogP) is 1.38. The van der Waals surface area contributed by atoms with Crippen molar-refractivity contribution >= 4 is 10.8 Å². The highest BCUT2D eigenvalue weighted by atomic mass is 16.3. The molecule has 2 atom stereocenters. The number of aliphatic hydroxyl groups excluding tert-OH is 2. The van der Waals surface area contributed by atoms with Crippen molar-refractivity contribution in [1.82, 2.24) is 4.90 Å². The second-order valence-electron chi connectivity index (χ2n) is 4.93. The monoisotopic (exact) mass is 243 g/mol. The van der Waals surface area contributed by atoms with Gasteiger partial charge >= 0.3 is 0 Å². The predicted molar refractivity (Wildman–Crippen MR) is 71.2 cm³/mol. The Labute approximate surface area is 106 Å². The molecule has 1 fully saturated rings. The molecule has 0 aromatic heterocycles. The molecule has 1 saturated heterocycles. The lowest BCUT2D eigenvalue weighted by molar-refractivity contribution is -0.0866. The highest BCUT2D eigenvalue weighted by Gasteiger charge is 2.36. The van der Waals surface area contributed by atoms with Gasteiger partial charge in [-0.1, -0.05) is 36.4 Å². The number of β-amino-alcohol motifs (C(OH)–C–C–N with tert-alkyl or cyclic N) is 1. The van der Waals surface area contributed by atoms with E-state index in [0.29, 0.717) is 6.54 Å². The van der Waals surface area contributed by atoms with E-state index in [1.165, 1.54) is 16.3 Å². The molecule has 2 aromatic rings. The minimum Gasteiger partial charge on any atom is -0.395 e.